The second-order valence-electron chi connectivity index (χ2n) is 5.97. The first-order chi connectivity index (χ1) is 8.88. The van der Waals surface area contributed by atoms with Gasteiger partial charge in [0.2, 0.25) is 0 Å². The molecule has 0 amide bonds. The smallest absolute Gasteiger partial charge is 0.151 e. The van der Waals surface area contributed by atoms with Crippen LogP contribution in [0.2, 0.25) is 19.6 Å². The Morgan fingerprint density at radius 3 is 2.21 bits per heavy atom. The maximum absolute atomic E-state index is 11.8. The number of Topliss-reactive ketones (excluding diaryl/α,β-unsaturated/α-hetero) is 1. The van der Waals surface area contributed by atoms with Gasteiger partial charge in [0.25, 0.3) is 0 Å². The maximum Gasteiger partial charge on any atom is 0.151 e. The zero-order valence-electron chi connectivity index (χ0n) is 12.0. The number of rotatable bonds is 3. The van der Waals surface area contributed by atoms with Gasteiger partial charge in [-0.2, -0.15) is 0 Å². The highest BCUT2D eigenvalue weighted by molar-refractivity contribution is 6.87. The Kier molecular flexibility index (Phi) is 3.72. The molecule has 0 fully saturated rings. The summed E-state index contributed by atoms with van der Waals surface area (Å²) < 4.78 is 0. The molecule has 0 heterocycles. The van der Waals surface area contributed by atoms with Gasteiger partial charge in [-0.1, -0.05) is 62.1 Å². The van der Waals surface area contributed by atoms with Crippen LogP contribution in [0.15, 0.2) is 47.7 Å². The lowest BCUT2D eigenvalue weighted by atomic mass is 10.1. The molecule has 0 aliphatic heterocycles. The molecule has 2 aromatic rings. The quantitative estimate of drug-likeness (QED) is 0.583. The van der Waals surface area contributed by atoms with Crippen LogP contribution in [0.1, 0.15) is 12.5 Å². The predicted molar refractivity (Wildman–Crippen MR) is 86.0 cm³/mol. The molecule has 0 N–H and O–H groups in total. The highest BCUT2D eigenvalue weighted by Gasteiger charge is 2.22. The van der Waals surface area contributed by atoms with Crippen LogP contribution >= 0.6 is 0 Å². The summed E-state index contributed by atoms with van der Waals surface area (Å²) in [6.45, 7) is 8.30. The third-order valence-corrected chi connectivity index (χ3v) is 5.38. The average Bonchev–Trinajstić information content (AvgIpc) is 2.34. The summed E-state index contributed by atoms with van der Waals surface area (Å²) in [6.07, 6.45) is 2.07. The minimum Gasteiger partial charge on any atom is -0.295 e. The Morgan fingerprint density at radius 1 is 1.00 bits per heavy atom. The molecule has 2 rings (SSSR count). The van der Waals surface area contributed by atoms with Crippen LogP contribution in [0, 0.1) is 0 Å². The summed E-state index contributed by atoms with van der Waals surface area (Å²) in [6, 6.07) is 14.6. The largest absolute Gasteiger partial charge is 0.295 e. The number of hydrogen-bond donors (Lipinski definition) is 0. The normalized spacial score (nSPS) is 12.7. The molecule has 0 aliphatic rings. The Balaban J connectivity index is 2.52. The first kappa shape index (κ1) is 13.8. The van der Waals surface area contributed by atoms with E-state index < -0.39 is 8.07 Å². The van der Waals surface area contributed by atoms with E-state index in [1.54, 1.807) is 6.92 Å². The molecule has 98 valence electrons. The second-order valence-corrected chi connectivity index (χ2v) is 11.0. The predicted octanol–water partition coefficient (Wildman–Crippen LogP) is 4.69. The topological polar surface area (TPSA) is 17.1 Å². The number of allylic oxidation sites excluding steroid dienone is 1. The van der Waals surface area contributed by atoms with Crippen LogP contribution in [-0.4, -0.2) is 13.9 Å². The van der Waals surface area contributed by atoms with Gasteiger partial charge in [0.1, 0.15) is 0 Å². The van der Waals surface area contributed by atoms with Crippen molar-refractivity contribution < 1.29 is 4.79 Å². The lowest BCUT2D eigenvalue weighted by Crippen LogP contribution is -2.28. The van der Waals surface area contributed by atoms with E-state index in [1.165, 1.54) is 10.8 Å². The van der Waals surface area contributed by atoms with E-state index in [1.807, 2.05) is 12.1 Å². The minimum atomic E-state index is -1.59. The van der Waals surface area contributed by atoms with E-state index in [-0.39, 0.29) is 5.78 Å². The first-order valence-corrected chi connectivity index (χ1v) is 10.1. The zero-order valence-corrected chi connectivity index (χ0v) is 13.0. The highest BCUT2D eigenvalue weighted by atomic mass is 28.3. The van der Waals surface area contributed by atoms with Crippen LogP contribution in [0.3, 0.4) is 0 Å². The summed E-state index contributed by atoms with van der Waals surface area (Å²) in [5.41, 5.74) is 1.12. The molecule has 1 nitrogen and oxygen atoms in total. The van der Waals surface area contributed by atoms with Gasteiger partial charge >= 0.3 is 0 Å². The molecule has 0 unspecified atom stereocenters. The van der Waals surface area contributed by atoms with Crippen LogP contribution < -0.4 is 0 Å². The number of hydrogen-bond acceptors (Lipinski definition) is 1. The zero-order chi connectivity index (χ0) is 14.0. The molecule has 0 saturated heterocycles. The molecule has 0 bridgehead atoms. The molecule has 0 aliphatic carbocycles. The summed E-state index contributed by atoms with van der Waals surface area (Å²) in [5.74, 6) is 0.201. The van der Waals surface area contributed by atoms with E-state index in [4.69, 9.17) is 0 Å². The number of ketones is 1. The number of carbonyl (C=O) groups excluding carboxylic acids is 1. The molecule has 2 aromatic carbocycles. The molecular formula is C17H20OSi. The molecule has 0 aromatic heterocycles. The van der Waals surface area contributed by atoms with Crippen LogP contribution in [0.4, 0.5) is 0 Å². The number of fused-ring (bicyclic) bond motifs is 1. The van der Waals surface area contributed by atoms with Gasteiger partial charge in [-0.15, -0.1) is 0 Å². The van der Waals surface area contributed by atoms with E-state index in [9.17, 15) is 4.79 Å². The Labute approximate surface area is 116 Å². The standard InChI is InChI=1S/C17H20OSi/c1-13(18)17(19(2,3)4)12-14-9-10-15-7-5-6-8-16(15)11-14/h5-12H,1-4H3/b17-12+. The van der Waals surface area contributed by atoms with Crippen molar-refractivity contribution in [1.82, 2.24) is 0 Å². The summed E-state index contributed by atoms with van der Waals surface area (Å²) in [7, 11) is -1.59. The lowest BCUT2D eigenvalue weighted by Gasteiger charge is -2.18. The summed E-state index contributed by atoms with van der Waals surface area (Å²) in [5, 5.41) is 3.45. The van der Waals surface area contributed by atoms with E-state index in [0.29, 0.717) is 0 Å². The Hall–Kier alpha value is -1.67. The van der Waals surface area contributed by atoms with Crippen molar-refractivity contribution >= 4 is 30.7 Å². The van der Waals surface area contributed by atoms with Crippen molar-refractivity contribution in [3.8, 4) is 0 Å². The molecule has 0 atom stereocenters. The third kappa shape index (κ3) is 3.21. The molecule has 0 radical (unpaired) electrons. The highest BCUT2D eigenvalue weighted by Crippen LogP contribution is 2.22. The van der Waals surface area contributed by atoms with Crippen LogP contribution in [-0.2, 0) is 4.79 Å². The second kappa shape index (κ2) is 5.14. The van der Waals surface area contributed by atoms with Gasteiger partial charge in [0.05, 0.1) is 8.07 Å². The number of carbonyl (C=O) groups is 1. The van der Waals surface area contributed by atoms with Crippen LogP contribution in [0.25, 0.3) is 16.8 Å². The summed E-state index contributed by atoms with van der Waals surface area (Å²) >= 11 is 0. The van der Waals surface area contributed by atoms with Gasteiger partial charge in [0.15, 0.2) is 5.78 Å². The number of benzene rings is 2. The van der Waals surface area contributed by atoms with Gasteiger partial charge in [-0.3, -0.25) is 4.79 Å². The van der Waals surface area contributed by atoms with Crippen LogP contribution in [0.5, 0.6) is 0 Å². The molecule has 0 saturated carbocycles. The Morgan fingerprint density at radius 2 is 1.63 bits per heavy atom. The van der Waals surface area contributed by atoms with E-state index in [0.717, 1.165) is 10.8 Å². The van der Waals surface area contributed by atoms with Crippen molar-refractivity contribution in [3.05, 3.63) is 53.2 Å². The van der Waals surface area contributed by atoms with Crippen molar-refractivity contribution in [2.45, 2.75) is 26.6 Å². The Bertz CT molecular complexity index is 648. The van der Waals surface area contributed by atoms with Crippen molar-refractivity contribution in [1.29, 1.82) is 0 Å². The fraction of sp³-hybridized carbons (Fsp3) is 0.235. The SMILES string of the molecule is CC(=O)/C(=C\c1ccc2ccccc2c1)[Si](C)(C)C. The van der Waals surface area contributed by atoms with Gasteiger partial charge in [-0.25, -0.2) is 0 Å². The molecule has 19 heavy (non-hydrogen) atoms. The molecular weight excluding hydrogens is 248 g/mol. The minimum absolute atomic E-state index is 0.201. The van der Waals surface area contributed by atoms with E-state index >= 15 is 0 Å². The fourth-order valence-corrected chi connectivity index (χ4v) is 3.97. The molecule has 2 heteroatoms. The van der Waals surface area contributed by atoms with Crippen molar-refractivity contribution in [2.24, 2.45) is 0 Å². The lowest BCUT2D eigenvalue weighted by molar-refractivity contribution is -0.113. The third-order valence-electron chi connectivity index (χ3n) is 3.27. The van der Waals surface area contributed by atoms with Crippen molar-refractivity contribution in [2.75, 3.05) is 0 Å². The summed E-state index contributed by atoms with van der Waals surface area (Å²) in [4.78, 5) is 11.8. The first-order valence-electron chi connectivity index (χ1n) is 6.60. The van der Waals surface area contributed by atoms with Gasteiger partial charge < -0.3 is 0 Å². The monoisotopic (exact) mass is 268 g/mol. The molecule has 0 spiro atoms. The van der Waals surface area contributed by atoms with E-state index in [2.05, 4.69) is 56.0 Å². The van der Waals surface area contributed by atoms with Gasteiger partial charge in [-0.05, 0) is 34.5 Å². The maximum atomic E-state index is 11.8. The van der Waals surface area contributed by atoms with Crippen molar-refractivity contribution in [3.63, 3.8) is 0 Å². The van der Waals surface area contributed by atoms with Gasteiger partial charge in [0, 0.05) is 0 Å². The average molecular weight is 268 g/mol. The fourth-order valence-electron chi connectivity index (χ4n) is 2.31.